The van der Waals surface area contributed by atoms with E-state index < -0.39 is 0 Å². The highest BCUT2D eigenvalue weighted by Gasteiger charge is 2.26. The molecule has 2 saturated heterocycles. The van der Waals surface area contributed by atoms with Crippen LogP contribution in [0.5, 0.6) is 0 Å². The second kappa shape index (κ2) is 9.12. The first kappa shape index (κ1) is 20.1. The number of hydrogen-bond donors (Lipinski definition) is 2. The summed E-state index contributed by atoms with van der Waals surface area (Å²) in [6.07, 6.45) is 2.72. The van der Waals surface area contributed by atoms with Crippen LogP contribution in [0.4, 0.5) is 16.3 Å². The molecule has 30 heavy (non-hydrogen) atoms. The zero-order chi connectivity index (χ0) is 20.9. The van der Waals surface area contributed by atoms with E-state index in [0.29, 0.717) is 38.5 Å². The molecule has 0 saturated carbocycles. The van der Waals surface area contributed by atoms with Gasteiger partial charge in [0.1, 0.15) is 0 Å². The molecule has 0 bridgehead atoms. The second-order valence-electron chi connectivity index (χ2n) is 7.57. The maximum Gasteiger partial charge on any atom is 0.321 e. The third-order valence-corrected chi connectivity index (χ3v) is 5.64. The fraction of sp³-hybridized carbons (Fsp3) is 0.500. The van der Waals surface area contributed by atoms with Gasteiger partial charge in [-0.15, -0.1) is 0 Å². The Morgan fingerprint density at radius 1 is 1.00 bits per heavy atom. The van der Waals surface area contributed by atoms with Crippen LogP contribution in [0.1, 0.15) is 41.2 Å². The molecule has 4 rings (SSSR count). The monoisotopic (exact) mass is 414 g/mol. The number of carbonyl (C=O) groups is 2. The molecule has 3 amide bonds. The molecular weight excluding hydrogens is 388 g/mol. The van der Waals surface area contributed by atoms with Crippen molar-refractivity contribution in [3.8, 4) is 0 Å². The highest BCUT2D eigenvalue weighted by atomic mass is 16.6. The van der Waals surface area contributed by atoms with Crippen molar-refractivity contribution in [2.75, 3.05) is 50.4 Å². The van der Waals surface area contributed by atoms with Gasteiger partial charge in [-0.2, -0.15) is 0 Å². The minimum Gasteiger partial charge on any atom is -0.381 e. The number of nitrogens with zero attached hydrogens (tertiary/aromatic N) is 4. The molecule has 10 heteroatoms. The van der Waals surface area contributed by atoms with Gasteiger partial charge in [-0.1, -0.05) is 12.1 Å². The second-order valence-corrected chi connectivity index (χ2v) is 7.57. The molecule has 1 aromatic heterocycles. The van der Waals surface area contributed by atoms with Gasteiger partial charge in [-0.05, 0) is 53.2 Å². The van der Waals surface area contributed by atoms with Gasteiger partial charge in [0.15, 0.2) is 0 Å². The molecule has 2 aliphatic rings. The van der Waals surface area contributed by atoms with Gasteiger partial charge in [0.05, 0.1) is 0 Å². The van der Waals surface area contributed by atoms with E-state index in [-0.39, 0.29) is 23.5 Å². The van der Waals surface area contributed by atoms with Crippen molar-refractivity contribution < 1.29 is 19.0 Å². The van der Waals surface area contributed by atoms with Crippen LogP contribution < -0.4 is 11.1 Å². The van der Waals surface area contributed by atoms with Crippen molar-refractivity contribution in [3.05, 3.63) is 35.5 Å². The fourth-order valence-electron chi connectivity index (χ4n) is 3.89. The molecule has 2 fully saturated rings. The molecule has 160 valence electrons. The van der Waals surface area contributed by atoms with Crippen LogP contribution >= 0.6 is 0 Å². The maximum atomic E-state index is 12.7. The molecule has 0 spiro atoms. The highest BCUT2D eigenvalue weighted by Crippen LogP contribution is 2.27. The number of benzene rings is 1. The smallest absolute Gasteiger partial charge is 0.321 e. The van der Waals surface area contributed by atoms with E-state index in [9.17, 15) is 9.59 Å². The van der Waals surface area contributed by atoms with Crippen LogP contribution in [0.2, 0.25) is 0 Å². The van der Waals surface area contributed by atoms with E-state index in [1.807, 2.05) is 12.1 Å². The van der Waals surface area contributed by atoms with Crippen molar-refractivity contribution in [1.29, 1.82) is 0 Å². The number of rotatable bonds is 3. The van der Waals surface area contributed by atoms with E-state index in [1.165, 1.54) is 5.56 Å². The lowest BCUT2D eigenvalue weighted by molar-refractivity contribution is 0.0752. The normalized spacial score (nSPS) is 18.1. The summed E-state index contributed by atoms with van der Waals surface area (Å²) in [5, 5.41) is 9.97. The Balaban J connectivity index is 1.31. The van der Waals surface area contributed by atoms with Gasteiger partial charge in [0.2, 0.25) is 11.5 Å². The summed E-state index contributed by atoms with van der Waals surface area (Å²) in [6.45, 7) is 3.48. The standard InChI is InChI=1S/C20H26N6O4/c21-18-17(23-30-24-18)19(27)25-8-1-9-26(11-10-25)20(28)22-16-4-2-14(3-5-16)15-6-12-29-13-7-15/h2-5,15H,1,6-13H2,(H2,21,24)(H,22,28). The zero-order valence-corrected chi connectivity index (χ0v) is 16.7. The summed E-state index contributed by atoms with van der Waals surface area (Å²) in [5.74, 6) is 0.161. The first-order chi connectivity index (χ1) is 14.6. The van der Waals surface area contributed by atoms with Gasteiger partial charge in [-0.25, -0.2) is 9.42 Å². The Bertz CT molecular complexity index is 878. The molecule has 3 heterocycles. The van der Waals surface area contributed by atoms with E-state index in [2.05, 4.69) is 32.4 Å². The van der Waals surface area contributed by atoms with E-state index in [1.54, 1.807) is 9.80 Å². The van der Waals surface area contributed by atoms with Crippen molar-refractivity contribution in [1.82, 2.24) is 20.1 Å². The molecule has 0 atom stereocenters. The van der Waals surface area contributed by atoms with Gasteiger partial charge in [0, 0.05) is 45.1 Å². The molecule has 10 nitrogen and oxygen atoms in total. The number of nitrogens with two attached hydrogens (primary N) is 1. The zero-order valence-electron chi connectivity index (χ0n) is 16.7. The number of aromatic nitrogens is 2. The fourth-order valence-corrected chi connectivity index (χ4v) is 3.89. The van der Waals surface area contributed by atoms with Crippen LogP contribution in [-0.2, 0) is 4.74 Å². The minimum absolute atomic E-state index is 0.0116. The van der Waals surface area contributed by atoms with Crippen molar-refractivity contribution in [2.24, 2.45) is 0 Å². The third kappa shape index (κ3) is 4.54. The number of amides is 3. The van der Waals surface area contributed by atoms with Gasteiger partial charge in [0.25, 0.3) is 5.91 Å². The average Bonchev–Trinajstić information content (AvgIpc) is 3.05. The van der Waals surface area contributed by atoms with Crippen LogP contribution in [-0.4, -0.2) is 71.4 Å². The molecule has 2 aliphatic heterocycles. The Kier molecular flexibility index (Phi) is 6.12. The topological polar surface area (TPSA) is 127 Å². The molecule has 2 aromatic rings. The Morgan fingerprint density at radius 3 is 2.40 bits per heavy atom. The maximum absolute atomic E-state index is 12.7. The molecule has 0 aliphatic carbocycles. The largest absolute Gasteiger partial charge is 0.381 e. The number of ether oxygens (including phenoxy) is 1. The number of urea groups is 1. The molecule has 0 radical (unpaired) electrons. The summed E-state index contributed by atoms with van der Waals surface area (Å²) >= 11 is 0. The van der Waals surface area contributed by atoms with Crippen LogP contribution in [0.3, 0.4) is 0 Å². The van der Waals surface area contributed by atoms with E-state index in [4.69, 9.17) is 10.5 Å². The van der Waals surface area contributed by atoms with Crippen molar-refractivity contribution >= 4 is 23.4 Å². The van der Waals surface area contributed by atoms with Crippen LogP contribution in [0.25, 0.3) is 0 Å². The van der Waals surface area contributed by atoms with Gasteiger partial charge in [-0.3, -0.25) is 4.79 Å². The predicted octanol–water partition coefficient (Wildman–Crippen LogP) is 1.93. The quantitative estimate of drug-likeness (QED) is 0.785. The lowest BCUT2D eigenvalue weighted by Gasteiger charge is -2.23. The third-order valence-electron chi connectivity index (χ3n) is 5.64. The van der Waals surface area contributed by atoms with E-state index >= 15 is 0 Å². The Morgan fingerprint density at radius 2 is 1.70 bits per heavy atom. The van der Waals surface area contributed by atoms with Crippen LogP contribution in [0, 0.1) is 0 Å². The summed E-state index contributed by atoms with van der Waals surface area (Å²) in [6, 6.07) is 7.86. The number of carbonyl (C=O) groups excluding carboxylic acids is 2. The van der Waals surface area contributed by atoms with Crippen molar-refractivity contribution in [3.63, 3.8) is 0 Å². The molecule has 3 N–H and O–H groups in total. The Labute approximate surface area is 174 Å². The van der Waals surface area contributed by atoms with Crippen molar-refractivity contribution in [2.45, 2.75) is 25.2 Å². The Hall–Kier alpha value is -3.14. The lowest BCUT2D eigenvalue weighted by Crippen LogP contribution is -2.39. The summed E-state index contributed by atoms with van der Waals surface area (Å²) < 4.78 is 9.93. The molecule has 0 unspecified atom stereocenters. The summed E-state index contributed by atoms with van der Waals surface area (Å²) in [5.41, 5.74) is 7.66. The first-order valence-electron chi connectivity index (χ1n) is 10.2. The SMILES string of the molecule is Nc1nonc1C(=O)N1CCCN(C(=O)Nc2ccc(C3CCOCC3)cc2)CC1. The number of nitrogens with one attached hydrogen (secondary N) is 1. The average molecular weight is 414 g/mol. The predicted molar refractivity (Wildman–Crippen MR) is 109 cm³/mol. The van der Waals surface area contributed by atoms with Crippen LogP contribution in [0.15, 0.2) is 28.9 Å². The van der Waals surface area contributed by atoms with Gasteiger partial charge >= 0.3 is 6.03 Å². The lowest BCUT2D eigenvalue weighted by atomic mass is 9.92. The minimum atomic E-state index is -0.334. The highest BCUT2D eigenvalue weighted by molar-refractivity contribution is 5.96. The summed E-state index contributed by atoms with van der Waals surface area (Å²) in [7, 11) is 0. The number of anilines is 2. The van der Waals surface area contributed by atoms with E-state index in [0.717, 1.165) is 31.7 Å². The number of nitrogen functional groups attached to an aromatic ring is 1. The van der Waals surface area contributed by atoms with Gasteiger partial charge < -0.3 is 25.6 Å². The number of hydrogen-bond acceptors (Lipinski definition) is 7. The molecular formula is C20H26N6O4. The molecule has 1 aromatic carbocycles. The summed E-state index contributed by atoms with van der Waals surface area (Å²) in [4.78, 5) is 28.6. The first-order valence-corrected chi connectivity index (χ1v) is 10.2.